The summed E-state index contributed by atoms with van der Waals surface area (Å²) < 4.78 is 6.57. The van der Waals surface area contributed by atoms with Crippen molar-refractivity contribution in [2.24, 2.45) is 0 Å². The molecule has 2 aromatic heterocycles. The number of benzene rings is 1. The Balaban J connectivity index is 2.31. The summed E-state index contributed by atoms with van der Waals surface area (Å²) in [7, 11) is 0. The van der Waals surface area contributed by atoms with Crippen LogP contribution in [0.5, 0.6) is 0 Å². The number of aromatic nitrogens is 4. The molecule has 0 saturated carbocycles. The van der Waals surface area contributed by atoms with Gasteiger partial charge in [0.05, 0.1) is 16.9 Å². The largest absolute Gasteiger partial charge is 0.417 e. The fourth-order valence-electron chi connectivity index (χ4n) is 1.93. The van der Waals surface area contributed by atoms with Crippen molar-refractivity contribution < 1.29 is 4.42 Å². The smallest absolute Gasteiger partial charge is 0.408 e. The fraction of sp³-hybridized carbons (Fsp3) is 0.182. The Bertz CT molecular complexity index is 795. The Kier molecular flexibility index (Phi) is 2.03. The van der Waals surface area contributed by atoms with E-state index >= 15 is 0 Å². The van der Waals surface area contributed by atoms with Gasteiger partial charge in [-0.05, 0) is 19.9 Å². The van der Waals surface area contributed by atoms with Gasteiger partial charge in [0.1, 0.15) is 11.6 Å². The first-order valence-electron chi connectivity index (χ1n) is 5.37. The monoisotopic (exact) mass is 245 g/mol. The highest BCUT2D eigenvalue weighted by molar-refractivity contribution is 5.81. The zero-order chi connectivity index (χ0) is 12.9. The standard InChI is InChI=1S/C11H11N5O2/c1-5-13-6(2)16(15-5)9-4-8-10(3-7(9)12)18-11(17)14-8/h3-4H,12H2,1-2H3,(H,14,17). The average molecular weight is 245 g/mol. The van der Waals surface area contributed by atoms with E-state index in [0.29, 0.717) is 28.3 Å². The van der Waals surface area contributed by atoms with Crippen LogP contribution in [0.3, 0.4) is 0 Å². The number of aryl methyl sites for hydroxylation is 2. The molecule has 0 atom stereocenters. The lowest BCUT2D eigenvalue weighted by atomic mass is 10.2. The lowest BCUT2D eigenvalue weighted by molar-refractivity contribution is 0.555. The number of oxazole rings is 1. The summed E-state index contributed by atoms with van der Waals surface area (Å²) >= 11 is 0. The molecule has 1 aromatic carbocycles. The molecule has 7 nitrogen and oxygen atoms in total. The summed E-state index contributed by atoms with van der Waals surface area (Å²) in [6.45, 7) is 3.64. The number of hydrogen-bond acceptors (Lipinski definition) is 5. The predicted molar refractivity (Wildman–Crippen MR) is 65.6 cm³/mol. The Morgan fingerprint density at radius 2 is 2.17 bits per heavy atom. The van der Waals surface area contributed by atoms with Gasteiger partial charge in [0.25, 0.3) is 0 Å². The van der Waals surface area contributed by atoms with E-state index in [1.54, 1.807) is 23.7 Å². The fourth-order valence-corrected chi connectivity index (χ4v) is 1.93. The van der Waals surface area contributed by atoms with Crippen molar-refractivity contribution in [1.29, 1.82) is 0 Å². The van der Waals surface area contributed by atoms with E-state index < -0.39 is 5.76 Å². The Morgan fingerprint density at radius 1 is 1.39 bits per heavy atom. The van der Waals surface area contributed by atoms with E-state index in [-0.39, 0.29) is 0 Å². The second-order valence-corrected chi connectivity index (χ2v) is 4.04. The molecule has 3 rings (SSSR count). The van der Waals surface area contributed by atoms with Crippen LogP contribution in [0.2, 0.25) is 0 Å². The van der Waals surface area contributed by atoms with Crippen molar-refractivity contribution in [2.45, 2.75) is 13.8 Å². The molecule has 0 saturated heterocycles. The van der Waals surface area contributed by atoms with Crippen LogP contribution in [0.1, 0.15) is 11.6 Å². The van der Waals surface area contributed by atoms with Gasteiger partial charge in [-0.25, -0.2) is 14.5 Å². The summed E-state index contributed by atoms with van der Waals surface area (Å²) in [6.07, 6.45) is 0. The minimum absolute atomic E-state index is 0.427. The van der Waals surface area contributed by atoms with Crippen molar-refractivity contribution in [2.75, 3.05) is 5.73 Å². The number of aromatic amines is 1. The first-order chi connectivity index (χ1) is 8.54. The van der Waals surface area contributed by atoms with Gasteiger partial charge < -0.3 is 10.2 Å². The van der Waals surface area contributed by atoms with Crippen LogP contribution in [-0.4, -0.2) is 19.7 Å². The third-order valence-electron chi connectivity index (χ3n) is 2.67. The number of nitrogens with zero attached hydrogens (tertiary/aromatic N) is 3. The molecule has 0 fully saturated rings. The number of nitrogens with two attached hydrogens (primary N) is 1. The Hall–Kier alpha value is -2.57. The highest BCUT2D eigenvalue weighted by atomic mass is 16.4. The van der Waals surface area contributed by atoms with Gasteiger partial charge in [0, 0.05) is 6.07 Å². The lowest BCUT2D eigenvalue weighted by Gasteiger charge is -2.06. The van der Waals surface area contributed by atoms with Crippen LogP contribution in [0.25, 0.3) is 16.8 Å². The van der Waals surface area contributed by atoms with Crippen molar-refractivity contribution in [3.63, 3.8) is 0 Å². The van der Waals surface area contributed by atoms with Gasteiger partial charge in [-0.3, -0.25) is 4.98 Å². The summed E-state index contributed by atoms with van der Waals surface area (Å²) in [6, 6.07) is 3.32. The Morgan fingerprint density at radius 3 is 2.83 bits per heavy atom. The number of H-pyrrole nitrogens is 1. The highest BCUT2D eigenvalue weighted by Crippen LogP contribution is 2.23. The number of rotatable bonds is 1. The first kappa shape index (κ1) is 10.6. The molecular weight excluding hydrogens is 234 g/mol. The Labute approximate surface area is 101 Å². The molecule has 3 aromatic rings. The average Bonchev–Trinajstić information content (AvgIpc) is 2.79. The van der Waals surface area contributed by atoms with E-state index in [0.717, 1.165) is 5.82 Å². The molecule has 0 radical (unpaired) electrons. The molecule has 92 valence electrons. The van der Waals surface area contributed by atoms with Gasteiger partial charge >= 0.3 is 5.76 Å². The van der Waals surface area contributed by atoms with E-state index in [1.807, 2.05) is 6.92 Å². The second-order valence-electron chi connectivity index (χ2n) is 4.04. The maximum Gasteiger partial charge on any atom is 0.417 e. The molecule has 3 N–H and O–H groups in total. The second kappa shape index (κ2) is 3.46. The molecule has 0 unspecified atom stereocenters. The van der Waals surface area contributed by atoms with E-state index in [4.69, 9.17) is 10.2 Å². The van der Waals surface area contributed by atoms with Crippen LogP contribution in [0.4, 0.5) is 5.69 Å². The molecule has 18 heavy (non-hydrogen) atoms. The molecule has 0 aliphatic heterocycles. The van der Waals surface area contributed by atoms with Crippen LogP contribution < -0.4 is 11.5 Å². The molecule has 2 heterocycles. The maximum atomic E-state index is 11.1. The molecule has 0 bridgehead atoms. The molecule has 0 aliphatic carbocycles. The summed E-state index contributed by atoms with van der Waals surface area (Å²) in [4.78, 5) is 17.9. The normalized spacial score (nSPS) is 11.2. The maximum absolute atomic E-state index is 11.1. The summed E-state index contributed by atoms with van der Waals surface area (Å²) in [5.74, 6) is 0.880. The molecule has 7 heteroatoms. The SMILES string of the molecule is Cc1nc(C)n(-c2cc3[nH]c(=O)oc3cc2N)n1. The lowest BCUT2D eigenvalue weighted by Crippen LogP contribution is -2.03. The quantitative estimate of drug-likeness (QED) is 0.620. The molecular formula is C11H11N5O2. The van der Waals surface area contributed by atoms with E-state index in [1.165, 1.54) is 0 Å². The first-order valence-corrected chi connectivity index (χ1v) is 5.37. The third kappa shape index (κ3) is 1.48. The van der Waals surface area contributed by atoms with Gasteiger partial charge in [0.2, 0.25) is 0 Å². The van der Waals surface area contributed by atoms with Gasteiger partial charge in [-0.2, -0.15) is 5.10 Å². The number of hydrogen-bond donors (Lipinski definition) is 2. The van der Waals surface area contributed by atoms with Crippen molar-refractivity contribution in [3.8, 4) is 5.69 Å². The number of nitrogens with one attached hydrogen (secondary N) is 1. The molecule has 0 aliphatic rings. The van der Waals surface area contributed by atoms with E-state index in [9.17, 15) is 4.79 Å². The zero-order valence-corrected chi connectivity index (χ0v) is 9.89. The number of nitrogen functional groups attached to an aromatic ring is 1. The highest BCUT2D eigenvalue weighted by Gasteiger charge is 2.12. The topological polar surface area (TPSA) is 103 Å². The number of fused-ring (bicyclic) bond motifs is 1. The van der Waals surface area contributed by atoms with E-state index in [2.05, 4.69) is 15.1 Å². The number of anilines is 1. The van der Waals surface area contributed by atoms with Gasteiger partial charge in [-0.15, -0.1) is 0 Å². The van der Waals surface area contributed by atoms with Crippen LogP contribution >= 0.6 is 0 Å². The van der Waals surface area contributed by atoms with Crippen LogP contribution in [-0.2, 0) is 0 Å². The summed E-state index contributed by atoms with van der Waals surface area (Å²) in [5, 5.41) is 4.26. The minimum Gasteiger partial charge on any atom is -0.408 e. The van der Waals surface area contributed by atoms with Crippen molar-refractivity contribution >= 4 is 16.8 Å². The zero-order valence-electron chi connectivity index (χ0n) is 9.89. The van der Waals surface area contributed by atoms with Crippen LogP contribution in [0, 0.1) is 13.8 Å². The predicted octanol–water partition coefficient (Wildman–Crippen LogP) is 0.901. The molecule has 0 spiro atoms. The molecule has 0 amide bonds. The van der Waals surface area contributed by atoms with Crippen LogP contribution in [0.15, 0.2) is 21.3 Å². The van der Waals surface area contributed by atoms with Gasteiger partial charge in [0.15, 0.2) is 5.58 Å². The van der Waals surface area contributed by atoms with Gasteiger partial charge in [-0.1, -0.05) is 0 Å². The third-order valence-corrected chi connectivity index (χ3v) is 2.67. The summed E-state index contributed by atoms with van der Waals surface area (Å²) in [5.41, 5.74) is 8.08. The minimum atomic E-state index is -0.506. The van der Waals surface area contributed by atoms with Crippen molar-refractivity contribution in [1.82, 2.24) is 19.7 Å². The van der Waals surface area contributed by atoms with Crippen molar-refractivity contribution in [3.05, 3.63) is 34.3 Å².